The van der Waals surface area contributed by atoms with Crippen LogP contribution >= 0.6 is 12.2 Å². The van der Waals surface area contributed by atoms with E-state index in [4.69, 9.17) is 5.73 Å². The lowest BCUT2D eigenvalue weighted by Crippen LogP contribution is -2.29. The monoisotopic (exact) mass is 263 g/mol. The number of nitrogens with two attached hydrogens (primary N) is 1. The third-order valence-corrected chi connectivity index (χ3v) is 2.95. The van der Waals surface area contributed by atoms with Crippen LogP contribution in [0.25, 0.3) is 0 Å². The van der Waals surface area contributed by atoms with Crippen LogP contribution in [0.5, 0.6) is 0 Å². The normalized spacial score (nSPS) is 15.9. The van der Waals surface area contributed by atoms with Gasteiger partial charge in [0.25, 0.3) is 0 Å². The molecule has 1 aliphatic heterocycles. The summed E-state index contributed by atoms with van der Waals surface area (Å²) in [5, 5.41) is 4.06. The van der Waals surface area contributed by atoms with Crippen molar-refractivity contribution in [3.8, 4) is 0 Å². The number of rotatable bonds is 3. The van der Waals surface area contributed by atoms with Crippen molar-refractivity contribution in [1.82, 2.24) is 10.4 Å². The molecular formula is C12H17N5S. The van der Waals surface area contributed by atoms with Crippen molar-refractivity contribution in [2.45, 2.75) is 19.3 Å². The molecule has 0 unspecified atom stereocenters. The summed E-state index contributed by atoms with van der Waals surface area (Å²) in [6.45, 7) is 2.23. The third kappa shape index (κ3) is 3.66. The average Bonchev–Trinajstić information content (AvgIpc) is 2.40. The van der Waals surface area contributed by atoms with E-state index >= 15 is 0 Å². The van der Waals surface area contributed by atoms with Crippen LogP contribution in [-0.2, 0) is 0 Å². The molecular weight excluding hydrogens is 246 g/mol. The number of pyridine rings is 1. The minimum Gasteiger partial charge on any atom is -0.375 e. The molecule has 18 heavy (non-hydrogen) atoms. The van der Waals surface area contributed by atoms with Gasteiger partial charge in [-0.1, -0.05) is 0 Å². The van der Waals surface area contributed by atoms with Crippen LogP contribution in [0, 0.1) is 0 Å². The summed E-state index contributed by atoms with van der Waals surface area (Å²) in [7, 11) is 0. The molecule has 5 nitrogen and oxygen atoms in total. The fourth-order valence-electron chi connectivity index (χ4n) is 2.02. The molecule has 0 amide bonds. The quantitative estimate of drug-likeness (QED) is 0.488. The predicted molar refractivity (Wildman–Crippen MR) is 77.8 cm³/mol. The van der Waals surface area contributed by atoms with E-state index in [-0.39, 0.29) is 5.11 Å². The van der Waals surface area contributed by atoms with Crippen molar-refractivity contribution in [1.29, 1.82) is 0 Å². The van der Waals surface area contributed by atoms with E-state index in [0.29, 0.717) is 0 Å². The summed E-state index contributed by atoms with van der Waals surface area (Å²) in [5.41, 5.74) is 9.79. The highest BCUT2D eigenvalue weighted by Gasteiger charge is 2.10. The van der Waals surface area contributed by atoms with Crippen LogP contribution in [0.1, 0.15) is 25.0 Å². The number of piperidine rings is 1. The van der Waals surface area contributed by atoms with Crippen molar-refractivity contribution in [2.24, 2.45) is 10.8 Å². The standard InChI is InChI=1S/C12H17N5S/c13-12(18)16-15-9-10-8-11(4-5-14-10)17-6-2-1-3-7-17/h4-5,8-9H,1-3,6-7H2,(H3,13,16,18)/b15-9+. The molecule has 1 aromatic heterocycles. The summed E-state index contributed by atoms with van der Waals surface area (Å²) in [6.07, 6.45) is 7.26. The lowest BCUT2D eigenvalue weighted by molar-refractivity contribution is 0.577. The van der Waals surface area contributed by atoms with E-state index < -0.39 is 0 Å². The van der Waals surface area contributed by atoms with Gasteiger partial charge in [-0.15, -0.1) is 0 Å². The SMILES string of the molecule is NC(=S)N/N=C/c1cc(N2CCCCC2)ccn1. The number of hydrazone groups is 1. The number of hydrogen-bond acceptors (Lipinski definition) is 4. The molecule has 0 radical (unpaired) electrons. The second-order valence-corrected chi connectivity index (χ2v) is 4.66. The smallest absolute Gasteiger partial charge is 0.184 e. The van der Waals surface area contributed by atoms with Crippen LogP contribution < -0.4 is 16.1 Å². The highest BCUT2D eigenvalue weighted by molar-refractivity contribution is 7.80. The Morgan fingerprint density at radius 1 is 1.44 bits per heavy atom. The minimum absolute atomic E-state index is 0.151. The number of nitrogens with zero attached hydrogens (tertiary/aromatic N) is 3. The van der Waals surface area contributed by atoms with Gasteiger partial charge in [-0.2, -0.15) is 5.10 Å². The number of nitrogens with one attached hydrogen (secondary N) is 1. The first kappa shape index (κ1) is 12.8. The van der Waals surface area contributed by atoms with Gasteiger partial charge in [0, 0.05) is 25.0 Å². The van der Waals surface area contributed by atoms with Gasteiger partial charge in [0.05, 0.1) is 11.9 Å². The van der Waals surface area contributed by atoms with Crippen molar-refractivity contribution in [2.75, 3.05) is 18.0 Å². The van der Waals surface area contributed by atoms with Crippen LogP contribution in [-0.4, -0.2) is 29.4 Å². The molecule has 0 spiro atoms. The zero-order valence-electron chi connectivity index (χ0n) is 10.2. The van der Waals surface area contributed by atoms with E-state index in [9.17, 15) is 0 Å². The first-order chi connectivity index (χ1) is 8.75. The van der Waals surface area contributed by atoms with Gasteiger partial charge in [-0.05, 0) is 43.6 Å². The lowest BCUT2D eigenvalue weighted by atomic mass is 10.1. The molecule has 3 N–H and O–H groups in total. The first-order valence-electron chi connectivity index (χ1n) is 6.05. The molecule has 0 saturated carbocycles. The number of anilines is 1. The van der Waals surface area contributed by atoms with Crippen LogP contribution in [0.3, 0.4) is 0 Å². The second-order valence-electron chi connectivity index (χ2n) is 4.22. The van der Waals surface area contributed by atoms with Crippen molar-refractivity contribution in [3.05, 3.63) is 24.0 Å². The van der Waals surface area contributed by atoms with Gasteiger partial charge in [-0.25, -0.2) is 0 Å². The Morgan fingerprint density at radius 2 is 2.22 bits per heavy atom. The number of aromatic nitrogens is 1. The summed E-state index contributed by atoms with van der Waals surface area (Å²) < 4.78 is 0. The van der Waals surface area contributed by atoms with Gasteiger partial charge in [0.1, 0.15) is 0 Å². The third-order valence-electron chi connectivity index (χ3n) is 2.86. The molecule has 1 aliphatic rings. The molecule has 1 saturated heterocycles. The molecule has 1 fully saturated rings. The highest BCUT2D eigenvalue weighted by Crippen LogP contribution is 2.19. The Morgan fingerprint density at radius 3 is 2.94 bits per heavy atom. The summed E-state index contributed by atoms with van der Waals surface area (Å²) >= 11 is 4.66. The summed E-state index contributed by atoms with van der Waals surface area (Å²) in [5.74, 6) is 0. The van der Waals surface area contributed by atoms with Crippen molar-refractivity contribution in [3.63, 3.8) is 0 Å². The molecule has 2 rings (SSSR count). The molecule has 0 atom stereocenters. The van der Waals surface area contributed by atoms with Crippen LogP contribution in [0.2, 0.25) is 0 Å². The van der Waals surface area contributed by atoms with Crippen LogP contribution in [0.15, 0.2) is 23.4 Å². The van der Waals surface area contributed by atoms with E-state index in [2.05, 4.69) is 32.6 Å². The van der Waals surface area contributed by atoms with E-state index in [0.717, 1.165) is 18.8 Å². The maximum atomic E-state index is 5.28. The van der Waals surface area contributed by atoms with E-state index in [1.54, 1.807) is 12.4 Å². The lowest BCUT2D eigenvalue weighted by Gasteiger charge is -2.28. The zero-order valence-corrected chi connectivity index (χ0v) is 11.0. The highest BCUT2D eigenvalue weighted by atomic mass is 32.1. The topological polar surface area (TPSA) is 66.5 Å². The number of thiocarbonyl (C=S) groups is 1. The Labute approximate surface area is 112 Å². The molecule has 96 valence electrons. The molecule has 6 heteroatoms. The average molecular weight is 263 g/mol. The Hall–Kier alpha value is -1.69. The first-order valence-corrected chi connectivity index (χ1v) is 6.46. The summed E-state index contributed by atoms with van der Waals surface area (Å²) in [6, 6.07) is 4.06. The zero-order chi connectivity index (χ0) is 12.8. The maximum absolute atomic E-state index is 5.28. The maximum Gasteiger partial charge on any atom is 0.184 e. The fraction of sp³-hybridized carbons (Fsp3) is 0.417. The van der Waals surface area contributed by atoms with Gasteiger partial charge in [-0.3, -0.25) is 10.4 Å². The molecule has 2 heterocycles. The molecule has 0 aliphatic carbocycles. The molecule has 0 aromatic carbocycles. The largest absolute Gasteiger partial charge is 0.375 e. The fourth-order valence-corrected chi connectivity index (χ4v) is 2.07. The van der Waals surface area contributed by atoms with Gasteiger partial charge in [0.2, 0.25) is 0 Å². The minimum atomic E-state index is 0.151. The van der Waals surface area contributed by atoms with Crippen molar-refractivity contribution < 1.29 is 0 Å². The Balaban J connectivity index is 2.04. The van der Waals surface area contributed by atoms with Gasteiger partial charge < -0.3 is 10.6 Å². The Kier molecular flexibility index (Phi) is 4.46. The van der Waals surface area contributed by atoms with Crippen LogP contribution in [0.4, 0.5) is 5.69 Å². The Bertz CT molecular complexity index is 440. The van der Waals surface area contributed by atoms with Gasteiger partial charge in [0.15, 0.2) is 5.11 Å². The predicted octanol–water partition coefficient (Wildman–Crippen LogP) is 1.24. The van der Waals surface area contributed by atoms with E-state index in [1.165, 1.54) is 24.9 Å². The van der Waals surface area contributed by atoms with E-state index in [1.807, 2.05) is 12.1 Å². The second kappa shape index (κ2) is 6.30. The summed E-state index contributed by atoms with van der Waals surface area (Å²) in [4.78, 5) is 6.61. The molecule has 0 bridgehead atoms. The van der Waals surface area contributed by atoms with Gasteiger partial charge >= 0.3 is 0 Å². The number of hydrogen-bond donors (Lipinski definition) is 2. The van der Waals surface area contributed by atoms with Crippen molar-refractivity contribution >= 4 is 29.2 Å². The molecule has 1 aromatic rings.